The summed E-state index contributed by atoms with van der Waals surface area (Å²) in [4.78, 5) is 6.54. The average Bonchev–Trinajstić information content (AvgIpc) is 3.22. The molecule has 28 heavy (non-hydrogen) atoms. The Bertz CT molecular complexity index is 603. The topological polar surface area (TPSA) is 67.4 Å². The second-order valence-corrected chi connectivity index (χ2v) is 7.12. The molecule has 1 aromatic carbocycles. The molecule has 7 nitrogen and oxygen atoms in total. The predicted octanol–water partition coefficient (Wildman–Crippen LogP) is 2.26. The first-order valence-corrected chi connectivity index (χ1v) is 10.1. The van der Waals surface area contributed by atoms with E-state index in [1.807, 2.05) is 12.1 Å². The third-order valence-corrected chi connectivity index (χ3v) is 5.00. The zero-order chi connectivity index (χ0) is 20.2. The number of ether oxygens (including phenoxy) is 3. The molecule has 0 amide bonds. The van der Waals surface area contributed by atoms with Crippen LogP contribution in [0.4, 0.5) is 0 Å². The van der Waals surface area contributed by atoms with Crippen molar-refractivity contribution in [3.05, 3.63) is 23.8 Å². The number of para-hydroxylation sites is 1. The van der Waals surface area contributed by atoms with Crippen LogP contribution in [0.1, 0.15) is 31.2 Å². The fourth-order valence-corrected chi connectivity index (χ4v) is 3.29. The van der Waals surface area contributed by atoms with Gasteiger partial charge in [-0.1, -0.05) is 12.1 Å². The number of benzene rings is 1. The largest absolute Gasteiger partial charge is 0.493 e. The molecule has 0 aromatic heterocycles. The maximum absolute atomic E-state index is 6.30. The van der Waals surface area contributed by atoms with E-state index in [4.69, 9.17) is 14.2 Å². The molecule has 0 unspecified atom stereocenters. The van der Waals surface area contributed by atoms with Gasteiger partial charge in [0, 0.05) is 45.9 Å². The molecule has 0 saturated heterocycles. The zero-order valence-electron chi connectivity index (χ0n) is 17.8. The molecule has 1 aliphatic carbocycles. The molecular formula is C21H36N4O3. The van der Waals surface area contributed by atoms with Crippen molar-refractivity contribution in [1.29, 1.82) is 0 Å². The van der Waals surface area contributed by atoms with Crippen LogP contribution in [0.25, 0.3) is 0 Å². The number of hydrogen-bond acceptors (Lipinski definition) is 5. The number of aliphatic imine (C=N–C) groups is 1. The number of nitrogens with one attached hydrogen (secondary N) is 2. The van der Waals surface area contributed by atoms with Crippen molar-refractivity contribution in [2.24, 2.45) is 4.99 Å². The molecule has 0 atom stereocenters. The smallest absolute Gasteiger partial charge is 0.191 e. The second-order valence-electron chi connectivity index (χ2n) is 7.12. The fraction of sp³-hybridized carbons (Fsp3) is 0.667. The Morgan fingerprint density at radius 1 is 1.18 bits per heavy atom. The van der Waals surface area contributed by atoms with Crippen LogP contribution in [0.3, 0.4) is 0 Å². The normalized spacial score (nSPS) is 15.1. The van der Waals surface area contributed by atoms with Crippen molar-refractivity contribution in [1.82, 2.24) is 15.5 Å². The summed E-state index contributed by atoms with van der Waals surface area (Å²) in [6, 6.07) is 6.03. The number of guanidine groups is 1. The van der Waals surface area contributed by atoms with E-state index in [9.17, 15) is 0 Å². The van der Waals surface area contributed by atoms with Crippen LogP contribution in [0.2, 0.25) is 0 Å². The Morgan fingerprint density at radius 2 is 1.96 bits per heavy atom. The molecule has 1 aromatic rings. The van der Waals surface area contributed by atoms with Gasteiger partial charge in [0.05, 0.1) is 19.8 Å². The monoisotopic (exact) mass is 392 g/mol. The molecule has 1 saturated carbocycles. The van der Waals surface area contributed by atoms with Gasteiger partial charge in [-0.2, -0.15) is 0 Å². The van der Waals surface area contributed by atoms with Crippen molar-refractivity contribution in [2.75, 3.05) is 54.6 Å². The minimum Gasteiger partial charge on any atom is -0.493 e. The Morgan fingerprint density at radius 3 is 2.64 bits per heavy atom. The second kappa shape index (κ2) is 12.5. The summed E-state index contributed by atoms with van der Waals surface area (Å²) in [6.45, 7) is 4.00. The third kappa shape index (κ3) is 7.20. The number of hydrogen-bond donors (Lipinski definition) is 2. The van der Waals surface area contributed by atoms with E-state index >= 15 is 0 Å². The number of methoxy groups -OCH3 is 2. The van der Waals surface area contributed by atoms with Gasteiger partial charge in [-0.25, -0.2) is 0 Å². The lowest BCUT2D eigenvalue weighted by Crippen LogP contribution is -2.41. The fourth-order valence-electron chi connectivity index (χ4n) is 3.29. The van der Waals surface area contributed by atoms with Gasteiger partial charge in [0.15, 0.2) is 17.5 Å². The number of likely N-dealkylation sites (N-methyl/N-ethyl adjacent to an activating group) is 1. The molecule has 1 fully saturated rings. The van der Waals surface area contributed by atoms with E-state index in [1.165, 1.54) is 12.8 Å². The number of rotatable bonds is 11. The van der Waals surface area contributed by atoms with Crippen LogP contribution in [-0.2, 0) is 11.3 Å². The lowest BCUT2D eigenvalue weighted by molar-refractivity contribution is 0.162. The van der Waals surface area contributed by atoms with E-state index in [0.717, 1.165) is 62.1 Å². The van der Waals surface area contributed by atoms with Gasteiger partial charge in [-0.05, 0) is 38.8 Å². The Balaban J connectivity index is 1.89. The molecule has 7 heteroatoms. The van der Waals surface area contributed by atoms with Crippen molar-refractivity contribution >= 4 is 5.96 Å². The van der Waals surface area contributed by atoms with E-state index in [0.29, 0.717) is 6.54 Å². The maximum Gasteiger partial charge on any atom is 0.191 e. The highest BCUT2D eigenvalue weighted by Gasteiger charge is 2.20. The van der Waals surface area contributed by atoms with Gasteiger partial charge in [0.25, 0.3) is 0 Å². The molecule has 2 rings (SSSR count). The lowest BCUT2D eigenvalue weighted by atomic mass is 10.1. The van der Waals surface area contributed by atoms with Gasteiger partial charge >= 0.3 is 0 Å². The molecule has 1 aliphatic rings. The number of nitrogens with zero attached hydrogens (tertiary/aromatic N) is 2. The minimum atomic E-state index is 0.287. The maximum atomic E-state index is 6.30. The molecule has 0 radical (unpaired) electrons. The van der Waals surface area contributed by atoms with E-state index in [1.54, 1.807) is 21.3 Å². The summed E-state index contributed by atoms with van der Waals surface area (Å²) < 4.78 is 16.9. The van der Waals surface area contributed by atoms with Crippen LogP contribution in [0.15, 0.2) is 23.2 Å². The highest BCUT2D eigenvalue weighted by molar-refractivity contribution is 5.79. The first kappa shape index (κ1) is 22.3. The average molecular weight is 393 g/mol. The first-order chi connectivity index (χ1) is 13.7. The summed E-state index contributed by atoms with van der Waals surface area (Å²) in [7, 11) is 7.28. The Hall–Kier alpha value is -1.99. The Kier molecular flexibility index (Phi) is 9.93. The van der Waals surface area contributed by atoms with Gasteiger partial charge in [0.1, 0.15) is 0 Å². The summed E-state index contributed by atoms with van der Waals surface area (Å²) in [5.41, 5.74) is 1.08. The minimum absolute atomic E-state index is 0.287. The zero-order valence-corrected chi connectivity index (χ0v) is 17.8. The summed E-state index contributed by atoms with van der Waals surface area (Å²) in [5.74, 6) is 2.41. The van der Waals surface area contributed by atoms with Crippen LogP contribution in [0.5, 0.6) is 11.5 Å². The molecule has 0 bridgehead atoms. The molecule has 2 N–H and O–H groups in total. The highest BCUT2D eigenvalue weighted by atomic mass is 16.5. The van der Waals surface area contributed by atoms with Crippen molar-refractivity contribution in [2.45, 2.75) is 38.3 Å². The molecule has 158 valence electrons. The van der Waals surface area contributed by atoms with Crippen LogP contribution >= 0.6 is 0 Å². The molecule has 0 aliphatic heterocycles. The molecular weight excluding hydrogens is 356 g/mol. The van der Waals surface area contributed by atoms with Crippen LogP contribution < -0.4 is 20.1 Å². The van der Waals surface area contributed by atoms with Crippen LogP contribution in [-0.4, -0.2) is 71.5 Å². The lowest BCUT2D eigenvalue weighted by Gasteiger charge is -2.20. The van der Waals surface area contributed by atoms with Crippen molar-refractivity contribution < 1.29 is 14.2 Å². The van der Waals surface area contributed by atoms with Crippen LogP contribution in [0, 0.1) is 0 Å². The summed E-state index contributed by atoms with van der Waals surface area (Å²) >= 11 is 0. The van der Waals surface area contributed by atoms with Gasteiger partial charge < -0.3 is 29.7 Å². The van der Waals surface area contributed by atoms with Gasteiger partial charge in [-0.3, -0.25) is 4.99 Å². The summed E-state index contributed by atoms with van der Waals surface area (Å²) in [6.07, 6.45) is 5.00. The van der Waals surface area contributed by atoms with E-state index < -0.39 is 0 Å². The third-order valence-electron chi connectivity index (χ3n) is 5.00. The van der Waals surface area contributed by atoms with Crippen molar-refractivity contribution in [3.63, 3.8) is 0 Å². The SMILES string of the molecule is CN=C(NCCN(C)CCOC)NCc1cccc(OC)c1OC1CCCC1. The first-order valence-electron chi connectivity index (χ1n) is 10.1. The van der Waals surface area contributed by atoms with E-state index in [-0.39, 0.29) is 6.10 Å². The standard InChI is InChI=1S/C21H36N4O3/c1-22-21(23-12-13-25(2)14-15-26-3)24-16-17-8-7-11-19(27-4)20(17)28-18-9-5-6-10-18/h7-8,11,18H,5-6,9-10,12-16H2,1-4H3,(H2,22,23,24). The van der Waals surface area contributed by atoms with Gasteiger partial charge in [-0.15, -0.1) is 0 Å². The molecule has 0 spiro atoms. The van der Waals surface area contributed by atoms with Crippen molar-refractivity contribution in [3.8, 4) is 11.5 Å². The Labute approximate surface area is 169 Å². The molecule has 0 heterocycles. The van der Waals surface area contributed by atoms with E-state index in [2.05, 4.69) is 33.6 Å². The highest BCUT2D eigenvalue weighted by Crippen LogP contribution is 2.34. The van der Waals surface area contributed by atoms with Gasteiger partial charge in [0.2, 0.25) is 0 Å². The quantitative estimate of drug-likeness (QED) is 0.445. The summed E-state index contributed by atoms with van der Waals surface area (Å²) in [5, 5.41) is 6.73. The predicted molar refractivity (Wildman–Crippen MR) is 113 cm³/mol.